The molecule has 0 unspecified atom stereocenters. The third kappa shape index (κ3) is 4.28. The van der Waals surface area contributed by atoms with Crippen LogP contribution in [0, 0.1) is 34.6 Å². The zero-order valence-electron chi connectivity index (χ0n) is 18.4. The molecule has 0 spiro atoms. The first-order valence-electron chi connectivity index (χ1n) is 10.2. The van der Waals surface area contributed by atoms with Crippen molar-refractivity contribution in [3.63, 3.8) is 0 Å². The van der Waals surface area contributed by atoms with Crippen molar-refractivity contribution >= 4 is 15.7 Å². The Balaban J connectivity index is 1.83. The molecule has 5 nitrogen and oxygen atoms in total. The van der Waals surface area contributed by atoms with Gasteiger partial charge >= 0.3 is 0 Å². The predicted octanol–water partition coefficient (Wildman–Crippen LogP) is 4.14. The predicted molar refractivity (Wildman–Crippen MR) is 119 cm³/mol. The van der Waals surface area contributed by atoms with Crippen LogP contribution in [0.1, 0.15) is 34.7 Å². The largest absolute Gasteiger partial charge is 0.494 e. The molecule has 0 saturated carbocycles. The first-order valence-corrected chi connectivity index (χ1v) is 11.7. The topological polar surface area (TPSA) is 49.9 Å². The molecule has 0 radical (unpaired) electrons. The Labute approximate surface area is 175 Å². The molecular formula is C23H32N2O3S. The van der Waals surface area contributed by atoms with Crippen molar-refractivity contribution in [3.8, 4) is 5.75 Å². The van der Waals surface area contributed by atoms with Crippen molar-refractivity contribution in [2.75, 3.05) is 37.7 Å². The lowest BCUT2D eigenvalue weighted by molar-refractivity contribution is 0.336. The highest BCUT2D eigenvalue weighted by Crippen LogP contribution is 2.31. The van der Waals surface area contributed by atoms with Crippen LogP contribution in [0.4, 0.5) is 5.69 Å². The summed E-state index contributed by atoms with van der Waals surface area (Å²) in [5.41, 5.74) is 6.70. The maximum atomic E-state index is 13.3. The van der Waals surface area contributed by atoms with Crippen molar-refractivity contribution in [1.82, 2.24) is 4.31 Å². The summed E-state index contributed by atoms with van der Waals surface area (Å²) in [5, 5.41) is 0. The summed E-state index contributed by atoms with van der Waals surface area (Å²) in [6.07, 6.45) is 0. The number of piperazine rings is 1. The van der Waals surface area contributed by atoms with E-state index in [-0.39, 0.29) is 0 Å². The number of anilines is 1. The van der Waals surface area contributed by atoms with E-state index in [1.54, 1.807) is 10.4 Å². The van der Waals surface area contributed by atoms with Crippen molar-refractivity contribution in [1.29, 1.82) is 0 Å². The van der Waals surface area contributed by atoms with Crippen molar-refractivity contribution in [2.45, 2.75) is 46.4 Å². The summed E-state index contributed by atoms with van der Waals surface area (Å²) >= 11 is 0. The fraction of sp³-hybridized carbons (Fsp3) is 0.478. The molecule has 0 N–H and O–H groups in total. The minimum absolute atomic E-state index is 0.350. The zero-order chi connectivity index (χ0) is 21.3. The minimum atomic E-state index is -3.56. The van der Waals surface area contributed by atoms with E-state index in [4.69, 9.17) is 4.74 Å². The number of hydrogen-bond acceptors (Lipinski definition) is 4. The number of aryl methyl sites for hydroxylation is 5. The summed E-state index contributed by atoms with van der Waals surface area (Å²) in [6.45, 7) is 14.9. The molecule has 0 bridgehead atoms. The van der Waals surface area contributed by atoms with Gasteiger partial charge in [-0.25, -0.2) is 8.42 Å². The SMILES string of the molecule is CCOc1cc(S(=O)(=O)N2CCN(c3c(C)cc(C)cc3C)CC2)c(C)cc1C. The summed E-state index contributed by atoms with van der Waals surface area (Å²) < 4.78 is 33.9. The van der Waals surface area contributed by atoms with E-state index < -0.39 is 10.0 Å². The van der Waals surface area contributed by atoms with Gasteiger partial charge in [-0.15, -0.1) is 0 Å². The van der Waals surface area contributed by atoms with Gasteiger partial charge in [0.1, 0.15) is 5.75 Å². The van der Waals surface area contributed by atoms with Crippen LogP contribution in [0.3, 0.4) is 0 Å². The van der Waals surface area contributed by atoms with Gasteiger partial charge in [-0.05, 0) is 63.8 Å². The standard InChI is InChI=1S/C23H32N2O3S/c1-7-28-21-15-22(18(4)14-17(21)3)29(26,27)25-10-8-24(9-11-25)23-19(5)12-16(2)13-20(23)6/h12-15H,7-11H2,1-6H3. The molecule has 1 aliphatic heterocycles. The van der Waals surface area contributed by atoms with Gasteiger partial charge < -0.3 is 9.64 Å². The Morgan fingerprint density at radius 1 is 0.828 bits per heavy atom. The van der Waals surface area contributed by atoms with E-state index in [1.807, 2.05) is 26.8 Å². The molecule has 1 fully saturated rings. The molecule has 1 heterocycles. The van der Waals surface area contributed by atoms with Crippen molar-refractivity contribution in [3.05, 3.63) is 52.1 Å². The summed E-state index contributed by atoms with van der Waals surface area (Å²) in [7, 11) is -3.56. The van der Waals surface area contributed by atoms with Crippen molar-refractivity contribution < 1.29 is 13.2 Å². The van der Waals surface area contributed by atoms with Crippen LogP contribution in [-0.4, -0.2) is 45.5 Å². The molecule has 3 rings (SSSR count). The zero-order valence-corrected chi connectivity index (χ0v) is 19.2. The van der Waals surface area contributed by atoms with Gasteiger partial charge in [0, 0.05) is 37.9 Å². The van der Waals surface area contributed by atoms with Crippen LogP contribution in [0.5, 0.6) is 5.75 Å². The van der Waals surface area contributed by atoms with Crippen LogP contribution < -0.4 is 9.64 Å². The normalized spacial score (nSPS) is 15.6. The van der Waals surface area contributed by atoms with E-state index in [0.717, 1.165) is 11.1 Å². The number of sulfonamides is 1. The van der Waals surface area contributed by atoms with E-state index in [9.17, 15) is 8.42 Å². The van der Waals surface area contributed by atoms with Gasteiger partial charge in [-0.1, -0.05) is 23.8 Å². The Morgan fingerprint density at radius 3 is 1.97 bits per heavy atom. The Morgan fingerprint density at radius 2 is 1.41 bits per heavy atom. The molecule has 1 saturated heterocycles. The third-order valence-corrected chi connectivity index (χ3v) is 7.62. The molecule has 2 aromatic rings. The lowest BCUT2D eigenvalue weighted by Crippen LogP contribution is -2.49. The number of rotatable bonds is 5. The Bertz CT molecular complexity index is 984. The summed E-state index contributed by atoms with van der Waals surface area (Å²) in [5.74, 6) is 0.640. The number of nitrogens with zero attached hydrogens (tertiary/aromatic N) is 2. The fourth-order valence-electron chi connectivity index (χ4n) is 4.37. The van der Waals surface area contributed by atoms with Gasteiger partial charge in [-0.2, -0.15) is 4.31 Å². The second-order valence-corrected chi connectivity index (χ2v) is 9.86. The van der Waals surface area contributed by atoms with Crippen LogP contribution in [0.15, 0.2) is 29.2 Å². The molecule has 29 heavy (non-hydrogen) atoms. The van der Waals surface area contributed by atoms with Crippen LogP contribution in [0.2, 0.25) is 0 Å². The first kappa shape index (κ1) is 21.7. The molecule has 0 aliphatic carbocycles. The molecule has 2 aromatic carbocycles. The monoisotopic (exact) mass is 416 g/mol. The third-order valence-electron chi connectivity index (χ3n) is 5.58. The van der Waals surface area contributed by atoms with Gasteiger partial charge in [0.25, 0.3) is 0 Å². The highest BCUT2D eigenvalue weighted by atomic mass is 32.2. The molecule has 6 heteroatoms. The van der Waals surface area contributed by atoms with Gasteiger partial charge in [0.05, 0.1) is 11.5 Å². The Kier molecular flexibility index (Phi) is 6.24. The van der Waals surface area contributed by atoms with Gasteiger partial charge in [0.15, 0.2) is 0 Å². The number of hydrogen-bond donors (Lipinski definition) is 0. The van der Waals surface area contributed by atoms with Crippen LogP contribution in [-0.2, 0) is 10.0 Å². The van der Waals surface area contributed by atoms with E-state index in [2.05, 4.69) is 37.8 Å². The van der Waals surface area contributed by atoms with E-state index >= 15 is 0 Å². The molecule has 1 aliphatic rings. The second kappa shape index (κ2) is 8.36. The highest BCUT2D eigenvalue weighted by molar-refractivity contribution is 7.89. The molecule has 0 aromatic heterocycles. The summed E-state index contributed by atoms with van der Waals surface area (Å²) in [4.78, 5) is 2.66. The van der Waals surface area contributed by atoms with E-state index in [1.165, 1.54) is 22.4 Å². The highest BCUT2D eigenvalue weighted by Gasteiger charge is 2.31. The average Bonchev–Trinajstić information content (AvgIpc) is 2.63. The smallest absolute Gasteiger partial charge is 0.243 e. The Hall–Kier alpha value is -2.05. The molecule has 158 valence electrons. The number of benzene rings is 2. The van der Waals surface area contributed by atoms with E-state index in [0.29, 0.717) is 43.4 Å². The number of ether oxygens (including phenoxy) is 1. The van der Waals surface area contributed by atoms with Crippen LogP contribution >= 0.6 is 0 Å². The lowest BCUT2D eigenvalue weighted by atomic mass is 10.0. The van der Waals surface area contributed by atoms with Gasteiger partial charge in [-0.3, -0.25) is 0 Å². The van der Waals surface area contributed by atoms with Crippen molar-refractivity contribution in [2.24, 2.45) is 0 Å². The average molecular weight is 417 g/mol. The summed E-state index contributed by atoms with van der Waals surface area (Å²) in [6, 6.07) is 7.96. The lowest BCUT2D eigenvalue weighted by Gasteiger charge is -2.37. The first-order chi connectivity index (χ1) is 13.6. The second-order valence-electron chi connectivity index (χ2n) is 7.95. The maximum Gasteiger partial charge on any atom is 0.243 e. The maximum absolute atomic E-state index is 13.3. The molecule has 0 atom stereocenters. The quantitative estimate of drug-likeness (QED) is 0.735. The molecule has 0 amide bonds. The fourth-order valence-corrected chi connectivity index (χ4v) is 6.01. The molecular weight excluding hydrogens is 384 g/mol. The van der Waals surface area contributed by atoms with Gasteiger partial charge in [0.2, 0.25) is 10.0 Å². The minimum Gasteiger partial charge on any atom is -0.494 e. The van der Waals surface area contributed by atoms with Crippen LogP contribution in [0.25, 0.3) is 0 Å².